The summed E-state index contributed by atoms with van der Waals surface area (Å²) in [7, 11) is 1.85. The maximum atomic E-state index is 15.0. The third-order valence-electron chi connectivity index (χ3n) is 6.74. The van der Waals surface area contributed by atoms with Crippen molar-refractivity contribution in [2.45, 2.75) is 19.1 Å². The zero-order valence-electron chi connectivity index (χ0n) is 18.6. The van der Waals surface area contributed by atoms with Crippen molar-refractivity contribution in [3.8, 4) is 0 Å². The third-order valence-corrected chi connectivity index (χ3v) is 6.74. The lowest BCUT2D eigenvalue weighted by Crippen LogP contribution is -2.33. The Kier molecular flexibility index (Phi) is 5.29. The second-order valence-corrected chi connectivity index (χ2v) is 8.89. The number of hydrogen-bond acceptors (Lipinski definition) is 8. The van der Waals surface area contributed by atoms with Gasteiger partial charge in [-0.3, -0.25) is 19.8 Å². The van der Waals surface area contributed by atoms with Crippen LogP contribution in [0.25, 0.3) is 0 Å². The van der Waals surface area contributed by atoms with E-state index in [-0.39, 0.29) is 30.9 Å². The lowest BCUT2D eigenvalue weighted by molar-refractivity contribution is -0.401. The summed E-state index contributed by atoms with van der Waals surface area (Å²) in [6, 6.07) is 7.79. The van der Waals surface area contributed by atoms with Crippen LogP contribution in [0.1, 0.15) is 6.92 Å². The molecule has 3 unspecified atom stereocenters. The largest absolute Gasteiger partial charge is 0.442 e. The van der Waals surface area contributed by atoms with Crippen molar-refractivity contribution in [1.29, 1.82) is 0 Å². The van der Waals surface area contributed by atoms with Crippen LogP contribution in [-0.4, -0.2) is 62.3 Å². The van der Waals surface area contributed by atoms with E-state index in [1.54, 1.807) is 18.2 Å². The Bertz CT molecular complexity index is 1140. The van der Waals surface area contributed by atoms with Gasteiger partial charge in [-0.2, -0.15) is 0 Å². The van der Waals surface area contributed by atoms with Gasteiger partial charge in [-0.1, -0.05) is 0 Å². The average molecular weight is 473 g/mol. The summed E-state index contributed by atoms with van der Waals surface area (Å²) in [5, 5.41) is 13.5. The lowest BCUT2D eigenvalue weighted by atomic mass is 10.2. The van der Waals surface area contributed by atoms with Crippen LogP contribution in [0, 0.1) is 27.8 Å². The van der Waals surface area contributed by atoms with E-state index in [9.17, 15) is 19.7 Å². The van der Waals surface area contributed by atoms with Gasteiger partial charge in [-0.25, -0.2) is 9.18 Å². The first kappa shape index (κ1) is 22.0. The summed E-state index contributed by atoms with van der Waals surface area (Å²) in [6.45, 7) is 3.13. The number of ether oxygens (including phenoxy) is 1. The van der Waals surface area contributed by atoms with Gasteiger partial charge in [-0.05, 0) is 18.2 Å². The Labute approximate surface area is 194 Å². The molecular formula is C22H24FN5O6. The summed E-state index contributed by atoms with van der Waals surface area (Å²) < 4.78 is 25.6. The number of nitro groups is 1. The molecule has 3 fully saturated rings. The number of fused-ring (bicyclic) bond motifs is 1. The quantitative estimate of drug-likeness (QED) is 0.481. The van der Waals surface area contributed by atoms with Crippen molar-refractivity contribution < 1.29 is 28.1 Å². The van der Waals surface area contributed by atoms with Crippen LogP contribution >= 0.6 is 0 Å². The fraction of sp³-hybridized carbons (Fsp3) is 0.455. The number of halogens is 1. The minimum atomic E-state index is -0.575. The SMILES string of the molecule is CC(=O)NCC1CN(c2ccc(N3CC4C(C3)C4N(C)c3ccc([N+](=O)[O-])o3)c(F)c2)C(=O)O1. The monoisotopic (exact) mass is 473 g/mol. The molecule has 34 heavy (non-hydrogen) atoms. The highest BCUT2D eigenvalue weighted by Crippen LogP contribution is 2.51. The molecule has 2 saturated heterocycles. The van der Waals surface area contributed by atoms with E-state index in [0.717, 1.165) is 0 Å². The Balaban J connectivity index is 1.20. The van der Waals surface area contributed by atoms with Crippen molar-refractivity contribution in [3.63, 3.8) is 0 Å². The Morgan fingerprint density at radius 1 is 1.26 bits per heavy atom. The van der Waals surface area contributed by atoms with Gasteiger partial charge in [0.2, 0.25) is 11.8 Å². The molecule has 5 rings (SSSR count). The molecular weight excluding hydrogens is 449 g/mol. The summed E-state index contributed by atoms with van der Waals surface area (Å²) in [5.74, 6) is 0.117. The van der Waals surface area contributed by atoms with E-state index in [0.29, 0.717) is 42.2 Å². The molecule has 2 aliphatic heterocycles. The van der Waals surface area contributed by atoms with Crippen LogP contribution in [0.2, 0.25) is 0 Å². The van der Waals surface area contributed by atoms with E-state index < -0.39 is 22.9 Å². The van der Waals surface area contributed by atoms with Gasteiger partial charge in [0, 0.05) is 51.0 Å². The second-order valence-electron chi connectivity index (χ2n) is 8.89. The van der Waals surface area contributed by atoms with Crippen molar-refractivity contribution >= 4 is 35.1 Å². The molecule has 180 valence electrons. The molecule has 1 aromatic heterocycles. The minimum Gasteiger partial charge on any atom is -0.442 e. The van der Waals surface area contributed by atoms with E-state index in [4.69, 9.17) is 9.15 Å². The lowest BCUT2D eigenvalue weighted by Gasteiger charge is -2.26. The number of cyclic esters (lactones) is 1. The molecule has 3 atom stereocenters. The maximum absolute atomic E-state index is 15.0. The fourth-order valence-electron chi connectivity index (χ4n) is 5.03. The van der Waals surface area contributed by atoms with Gasteiger partial charge in [-0.15, -0.1) is 0 Å². The number of nitrogens with zero attached hydrogens (tertiary/aromatic N) is 4. The zero-order valence-corrected chi connectivity index (χ0v) is 18.6. The fourth-order valence-corrected chi connectivity index (χ4v) is 5.03. The predicted molar refractivity (Wildman–Crippen MR) is 119 cm³/mol. The number of carbonyl (C=O) groups excluding carboxylic acids is 2. The van der Waals surface area contributed by atoms with Crippen LogP contribution in [0.15, 0.2) is 34.7 Å². The topological polar surface area (TPSA) is 121 Å². The van der Waals surface area contributed by atoms with Gasteiger partial charge in [0.15, 0.2) is 0 Å². The normalized spacial score (nSPS) is 25.2. The van der Waals surface area contributed by atoms with Gasteiger partial charge in [0.05, 0.1) is 30.5 Å². The zero-order chi connectivity index (χ0) is 24.1. The van der Waals surface area contributed by atoms with Crippen LogP contribution < -0.4 is 20.0 Å². The van der Waals surface area contributed by atoms with Crippen molar-refractivity contribution in [3.05, 3.63) is 46.3 Å². The molecule has 12 heteroatoms. The molecule has 2 aromatic rings. The summed E-state index contributed by atoms with van der Waals surface area (Å²) in [4.78, 5) is 38.8. The van der Waals surface area contributed by atoms with E-state index >= 15 is 4.39 Å². The molecule has 0 bridgehead atoms. The molecule has 3 aliphatic rings. The molecule has 1 aromatic carbocycles. The number of amides is 2. The second kappa shape index (κ2) is 8.19. The highest BCUT2D eigenvalue weighted by Gasteiger charge is 2.58. The standard InChI is InChI=1S/C22H24FN5O6/c1-12(29)24-8-14-9-27(22(30)33-14)13-3-4-18(17(23)7-13)26-10-15-16(11-26)21(15)25(2)19-5-6-20(34-19)28(31)32/h3-7,14-16,21H,8-11H2,1-2H3,(H,24,29). The molecule has 2 amide bonds. The van der Waals surface area contributed by atoms with Gasteiger partial charge < -0.3 is 24.3 Å². The number of furan rings is 1. The minimum absolute atomic E-state index is 0.184. The van der Waals surface area contributed by atoms with Gasteiger partial charge in [0.25, 0.3) is 0 Å². The van der Waals surface area contributed by atoms with Crippen LogP contribution in [0.4, 0.5) is 32.3 Å². The Morgan fingerprint density at radius 2 is 2.00 bits per heavy atom. The number of carbonyl (C=O) groups is 2. The van der Waals surface area contributed by atoms with Crippen molar-refractivity contribution in [2.24, 2.45) is 11.8 Å². The number of rotatable bonds is 7. The highest BCUT2D eigenvalue weighted by molar-refractivity contribution is 5.90. The number of nitrogens with one attached hydrogen (secondary N) is 1. The molecule has 1 N–H and O–H groups in total. The maximum Gasteiger partial charge on any atom is 0.434 e. The summed E-state index contributed by atoms with van der Waals surface area (Å²) >= 11 is 0. The van der Waals surface area contributed by atoms with E-state index in [1.807, 2.05) is 16.8 Å². The molecule has 1 saturated carbocycles. The number of hydrogen-bond donors (Lipinski definition) is 1. The van der Waals surface area contributed by atoms with Crippen molar-refractivity contribution in [1.82, 2.24) is 5.32 Å². The molecule has 1 aliphatic carbocycles. The van der Waals surface area contributed by atoms with Crippen LogP contribution in [0.3, 0.4) is 0 Å². The number of anilines is 3. The smallest absolute Gasteiger partial charge is 0.434 e. The molecule has 0 radical (unpaired) electrons. The highest BCUT2D eigenvalue weighted by atomic mass is 19.1. The number of piperidine rings is 1. The van der Waals surface area contributed by atoms with Gasteiger partial charge in [0.1, 0.15) is 16.8 Å². The van der Waals surface area contributed by atoms with Crippen LogP contribution in [0.5, 0.6) is 0 Å². The van der Waals surface area contributed by atoms with E-state index in [2.05, 4.69) is 5.32 Å². The van der Waals surface area contributed by atoms with E-state index in [1.165, 1.54) is 24.0 Å². The third kappa shape index (κ3) is 3.88. The number of benzene rings is 1. The molecule has 0 spiro atoms. The predicted octanol–water partition coefficient (Wildman–Crippen LogP) is 2.36. The first-order valence-corrected chi connectivity index (χ1v) is 11.0. The molecule has 11 nitrogen and oxygen atoms in total. The Hall–Kier alpha value is -3.83. The first-order chi connectivity index (χ1) is 16.2. The Morgan fingerprint density at radius 3 is 2.62 bits per heavy atom. The van der Waals surface area contributed by atoms with Crippen LogP contribution in [-0.2, 0) is 9.53 Å². The summed E-state index contributed by atoms with van der Waals surface area (Å²) in [6.07, 6.45) is -1.07. The summed E-state index contributed by atoms with van der Waals surface area (Å²) in [5.41, 5.74) is 0.867. The molecule has 3 heterocycles. The first-order valence-electron chi connectivity index (χ1n) is 11.0. The van der Waals surface area contributed by atoms with Crippen molar-refractivity contribution in [2.75, 3.05) is 47.9 Å². The average Bonchev–Trinajstić information content (AvgIpc) is 3.22. The van der Waals surface area contributed by atoms with Gasteiger partial charge >= 0.3 is 12.0 Å².